The summed E-state index contributed by atoms with van der Waals surface area (Å²) in [5.41, 5.74) is 3.70. The number of amides is 3. The number of rotatable bonds is 3. The highest BCUT2D eigenvalue weighted by Crippen LogP contribution is 2.32. The van der Waals surface area contributed by atoms with Crippen molar-refractivity contribution < 1.29 is 9.59 Å². The molecule has 0 aliphatic heterocycles. The highest BCUT2D eigenvalue weighted by atomic mass is 16.2. The van der Waals surface area contributed by atoms with Crippen LogP contribution in [0, 0.1) is 0 Å². The third kappa shape index (κ3) is 3.56. The number of benzene rings is 2. The smallest absolute Gasteiger partial charge is 0.318 e. The predicted octanol–water partition coefficient (Wildman–Crippen LogP) is 3.50. The van der Waals surface area contributed by atoms with Gasteiger partial charge in [0.05, 0.1) is 5.92 Å². The first kappa shape index (κ1) is 16.1. The minimum Gasteiger partial charge on any atom is -0.341 e. The Morgan fingerprint density at radius 1 is 1.00 bits per heavy atom. The highest BCUT2D eigenvalue weighted by molar-refractivity contribution is 5.97. The number of urea groups is 1. The summed E-state index contributed by atoms with van der Waals surface area (Å²) in [6.45, 7) is 0. The molecule has 0 aromatic heterocycles. The lowest BCUT2D eigenvalue weighted by Gasteiger charge is -2.24. The van der Waals surface area contributed by atoms with Crippen molar-refractivity contribution in [3.63, 3.8) is 0 Å². The lowest BCUT2D eigenvalue weighted by molar-refractivity contribution is -0.117. The lowest BCUT2D eigenvalue weighted by atomic mass is 9.82. The molecule has 0 spiro atoms. The molecule has 124 valence electrons. The van der Waals surface area contributed by atoms with Gasteiger partial charge in [-0.05, 0) is 48.6 Å². The third-order valence-corrected chi connectivity index (χ3v) is 4.30. The van der Waals surface area contributed by atoms with Gasteiger partial charge in [-0.25, -0.2) is 4.79 Å². The zero-order chi connectivity index (χ0) is 16.9. The molecule has 3 N–H and O–H groups in total. The van der Waals surface area contributed by atoms with Gasteiger partial charge in [-0.15, -0.1) is 0 Å². The maximum atomic E-state index is 12.7. The summed E-state index contributed by atoms with van der Waals surface area (Å²) < 4.78 is 0. The molecule has 5 nitrogen and oxygen atoms in total. The molecule has 0 saturated heterocycles. The number of nitrogens with one attached hydrogen (secondary N) is 3. The van der Waals surface area contributed by atoms with Crippen molar-refractivity contribution in [3.05, 3.63) is 59.7 Å². The quantitative estimate of drug-likeness (QED) is 0.809. The molecule has 0 bridgehead atoms. The Morgan fingerprint density at radius 2 is 1.75 bits per heavy atom. The third-order valence-electron chi connectivity index (χ3n) is 4.30. The van der Waals surface area contributed by atoms with E-state index in [0.29, 0.717) is 11.4 Å². The van der Waals surface area contributed by atoms with Crippen LogP contribution in [0.1, 0.15) is 29.9 Å². The molecule has 0 fully saturated rings. The van der Waals surface area contributed by atoms with Crippen molar-refractivity contribution in [3.8, 4) is 0 Å². The van der Waals surface area contributed by atoms with Crippen molar-refractivity contribution in [2.24, 2.45) is 0 Å². The fraction of sp³-hybridized carbons (Fsp3) is 0.263. The van der Waals surface area contributed by atoms with Crippen molar-refractivity contribution in [1.29, 1.82) is 0 Å². The van der Waals surface area contributed by atoms with E-state index in [4.69, 9.17) is 0 Å². The van der Waals surface area contributed by atoms with Crippen LogP contribution in [0.4, 0.5) is 16.2 Å². The topological polar surface area (TPSA) is 70.2 Å². The normalized spacial score (nSPS) is 16.0. The molecular weight excluding hydrogens is 302 g/mol. The van der Waals surface area contributed by atoms with Gasteiger partial charge in [0, 0.05) is 18.4 Å². The zero-order valence-corrected chi connectivity index (χ0v) is 13.6. The average molecular weight is 323 g/mol. The molecule has 1 aliphatic rings. The lowest BCUT2D eigenvalue weighted by Crippen LogP contribution is -2.25. The summed E-state index contributed by atoms with van der Waals surface area (Å²) in [6, 6.07) is 15.0. The number of hydrogen-bond acceptors (Lipinski definition) is 2. The van der Waals surface area contributed by atoms with Gasteiger partial charge >= 0.3 is 6.03 Å². The molecule has 3 amide bonds. The molecule has 1 unspecified atom stereocenters. The Balaban J connectivity index is 1.74. The minimum atomic E-state index is -0.292. The average Bonchev–Trinajstić information content (AvgIpc) is 2.61. The maximum Gasteiger partial charge on any atom is 0.318 e. The van der Waals surface area contributed by atoms with Gasteiger partial charge in [0.25, 0.3) is 0 Å². The Bertz CT molecular complexity index is 758. The summed E-state index contributed by atoms with van der Waals surface area (Å²) in [7, 11) is 1.56. The molecular formula is C19H21N3O2. The van der Waals surface area contributed by atoms with E-state index < -0.39 is 0 Å². The minimum absolute atomic E-state index is 0.000701. The summed E-state index contributed by atoms with van der Waals surface area (Å²) in [6.07, 6.45) is 2.91. The van der Waals surface area contributed by atoms with Crippen LogP contribution >= 0.6 is 0 Å². The van der Waals surface area contributed by atoms with E-state index >= 15 is 0 Å². The molecule has 0 heterocycles. The Hall–Kier alpha value is -2.82. The van der Waals surface area contributed by atoms with Crippen molar-refractivity contribution in [2.45, 2.75) is 25.2 Å². The van der Waals surface area contributed by atoms with Crippen LogP contribution < -0.4 is 16.0 Å². The number of fused-ring (bicyclic) bond motifs is 1. The molecule has 2 aromatic carbocycles. The van der Waals surface area contributed by atoms with E-state index in [-0.39, 0.29) is 17.9 Å². The first-order valence-corrected chi connectivity index (χ1v) is 8.15. The van der Waals surface area contributed by atoms with Gasteiger partial charge in [-0.1, -0.05) is 30.3 Å². The second-order valence-corrected chi connectivity index (χ2v) is 5.92. The van der Waals surface area contributed by atoms with Crippen LogP contribution in [0.15, 0.2) is 48.5 Å². The first-order valence-electron chi connectivity index (χ1n) is 8.15. The maximum absolute atomic E-state index is 12.7. The van der Waals surface area contributed by atoms with Crippen LogP contribution in [-0.2, 0) is 11.2 Å². The standard InChI is InChI=1S/C19H21N3O2/c1-20-19(24)22-15-9-5-8-14(12-15)21-18(23)17-11-4-7-13-6-2-3-10-16(13)17/h2-3,5-6,8-10,12,17H,4,7,11H2,1H3,(H,21,23)(H2,20,22,24). The second kappa shape index (κ2) is 7.17. The SMILES string of the molecule is CNC(=O)Nc1cccc(NC(=O)C2CCCc3ccccc32)c1. The van der Waals surface area contributed by atoms with Crippen LogP contribution in [-0.4, -0.2) is 19.0 Å². The van der Waals surface area contributed by atoms with Crippen molar-refractivity contribution in [1.82, 2.24) is 5.32 Å². The Kier molecular flexibility index (Phi) is 4.79. The molecule has 1 aliphatic carbocycles. The van der Waals surface area contributed by atoms with E-state index in [0.717, 1.165) is 24.8 Å². The van der Waals surface area contributed by atoms with E-state index in [1.807, 2.05) is 24.3 Å². The predicted molar refractivity (Wildman–Crippen MR) is 95.3 cm³/mol. The second-order valence-electron chi connectivity index (χ2n) is 5.92. The van der Waals surface area contributed by atoms with Crippen molar-refractivity contribution in [2.75, 3.05) is 17.7 Å². The molecule has 2 aromatic rings. The molecule has 24 heavy (non-hydrogen) atoms. The molecule has 3 rings (SSSR count). The zero-order valence-electron chi connectivity index (χ0n) is 13.6. The van der Waals surface area contributed by atoms with Gasteiger partial charge in [0.2, 0.25) is 5.91 Å². The summed E-state index contributed by atoms with van der Waals surface area (Å²) in [5.74, 6) is -0.121. The number of carbonyl (C=O) groups excluding carboxylic acids is 2. The van der Waals surface area contributed by atoms with Crippen LogP contribution in [0.25, 0.3) is 0 Å². The van der Waals surface area contributed by atoms with E-state index in [9.17, 15) is 9.59 Å². The molecule has 0 saturated carbocycles. The van der Waals surface area contributed by atoms with Gasteiger partial charge in [-0.3, -0.25) is 4.79 Å². The monoisotopic (exact) mass is 323 g/mol. The van der Waals surface area contributed by atoms with E-state index in [2.05, 4.69) is 22.0 Å². The number of carbonyl (C=O) groups is 2. The van der Waals surface area contributed by atoms with Gasteiger partial charge in [0.15, 0.2) is 0 Å². The highest BCUT2D eigenvalue weighted by Gasteiger charge is 2.26. The van der Waals surface area contributed by atoms with E-state index in [1.165, 1.54) is 5.56 Å². The van der Waals surface area contributed by atoms with Gasteiger partial charge in [0.1, 0.15) is 0 Å². The summed E-state index contributed by atoms with van der Waals surface area (Å²) >= 11 is 0. The summed E-state index contributed by atoms with van der Waals surface area (Å²) in [4.78, 5) is 24.1. The number of anilines is 2. The molecule has 5 heteroatoms. The first-order chi connectivity index (χ1) is 11.7. The van der Waals surface area contributed by atoms with Crippen LogP contribution in [0.3, 0.4) is 0 Å². The molecule has 1 atom stereocenters. The van der Waals surface area contributed by atoms with Gasteiger partial charge < -0.3 is 16.0 Å². The Labute approximate surface area is 141 Å². The fourth-order valence-corrected chi connectivity index (χ4v) is 3.12. The van der Waals surface area contributed by atoms with E-state index in [1.54, 1.807) is 25.2 Å². The number of aryl methyl sites for hydroxylation is 1. The van der Waals surface area contributed by atoms with Crippen LogP contribution in [0.2, 0.25) is 0 Å². The largest absolute Gasteiger partial charge is 0.341 e. The number of hydrogen-bond donors (Lipinski definition) is 3. The molecule has 0 radical (unpaired) electrons. The van der Waals surface area contributed by atoms with Crippen LogP contribution in [0.5, 0.6) is 0 Å². The van der Waals surface area contributed by atoms with Gasteiger partial charge in [-0.2, -0.15) is 0 Å². The Morgan fingerprint density at radius 3 is 2.54 bits per heavy atom. The van der Waals surface area contributed by atoms with Crippen molar-refractivity contribution >= 4 is 23.3 Å². The fourth-order valence-electron chi connectivity index (χ4n) is 3.12. The summed E-state index contributed by atoms with van der Waals surface area (Å²) in [5, 5.41) is 8.17.